The summed E-state index contributed by atoms with van der Waals surface area (Å²) < 4.78 is 0. The zero-order valence-electron chi connectivity index (χ0n) is 4.32. The van der Waals surface area contributed by atoms with Crippen LogP contribution in [0.3, 0.4) is 0 Å². The highest BCUT2D eigenvalue weighted by atomic mass is 16.1. The summed E-state index contributed by atoms with van der Waals surface area (Å²) in [5.74, 6) is 0.289. The Morgan fingerprint density at radius 3 is 1.40 bits per heavy atom. The molecule has 0 fully saturated rings. The van der Waals surface area contributed by atoms with Gasteiger partial charge in [-0.05, 0) is 13.3 Å². The lowest BCUT2D eigenvalue weighted by Crippen LogP contribution is -1.84. The van der Waals surface area contributed by atoms with E-state index in [1.807, 2.05) is 6.92 Å². The molecule has 0 heterocycles. The van der Waals surface area contributed by atoms with Gasteiger partial charge in [-0.3, -0.25) is 0 Å². The first kappa shape index (κ1) is 33.3. The van der Waals surface area contributed by atoms with Crippen LogP contribution >= 0.6 is 0 Å². The molecule has 0 unspecified atom stereocenters. The number of hydrogen-bond donors (Lipinski definition) is 0. The summed E-state index contributed by atoms with van der Waals surface area (Å²) in [4.78, 5) is 10.0. The van der Waals surface area contributed by atoms with Crippen LogP contribution in [0, 0.1) is 0 Å². The predicted molar refractivity (Wildman–Crippen MR) is 52.5 cm³/mol. The molecule has 0 rings (SSSR count). The van der Waals surface area contributed by atoms with Gasteiger partial charge in [-0.2, -0.15) is 0 Å². The maximum Gasteiger partial charge on any atom is 0.129 e. The second kappa shape index (κ2) is 23.4. The summed E-state index contributed by atoms with van der Waals surface area (Å²) in [7, 11) is 0. The van der Waals surface area contributed by atoms with Crippen LogP contribution in [-0.4, -0.2) is 5.78 Å². The van der Waals surface area contributed by atoms with Crippen molar-refractivity contribution in [3.63, 3.8) is 0 Å². The minimum Gasteiger partial charge on any atom is -0.300 e. The van der Waals surface area contributed by atoms with E-state index < -0.39 is 0 Å². The summed E-state index contributed by atoms with van der Waals surface area (Å²) in [6.45, 7) is 3.62. The highest BCUT2D eigenvalue weighted by Crippen LogP contribution is 1.84. The molecular formula is C9H26O. The average molecular weight is 150 g/mol. The van der Waals surface area contributed by atoms with Crippen LogP contribution in [0.15, 0.2) is 0 Å². The fourth-order valence-electron chi connectivity index (χ4n) is 0.352. The summed E-state index contributed by atoms with van der Waals surface area (Å²) in [5.41, 5.74) is 0. The summed E-state index contributed by atoms with van der Waals surface area (Å²) in [6, 6.07) is 0. The van der Waals surface area contributed by atoms with Gasteiger partial charge in [0.25, 0.3) is 0 Å². The molecule has 1 heteroatoms. The van der Waals surface area contributed by atoms with Crippen molar-refractivity contribution in [2.24, 2.45) is 0 Å². The maximum absolute atomic E-state index is 10.0. The van der Waals surface area contributed by atoms with Gasteiger partial charge < -0.3 is 4.79 Å². The predicted octanol–water partition coefficient (Wildman–Crippen LogP) is 3.92. The van der Waals surface area contributed by atoms with E-state index in [1.54, 1.807) is 6.92 Å². The van der Waals surface area contributed by atoms with Crippen LogP contribution in [0.4, 0.5) is 0 Å². The molecule has 0 saturated carbocycles. The second-order valence-electron chi connectivity index (χ2n) is 1.45. The fourth-order valence-corrected chi connectivity index (χ4v) is 0.352. The lowest BCUT2D eigenvalue weighted by atomic mass is 10.3. The van der Waals surface area contributed by atoms with Crippen LogP contribution < -0.4 is 0 Å². The van der Waals surface area contributed by atoms with Gasteiger partial charge in [0.2, 0.25) is 0 Å². The first-order chi connectivity index (χ1) is 2.77. The van der Waals surface area contributed by atoms with Crippen molar-refractivity contribution in [2.45, 2.75) is 56.4 Å². The Hall–Kier alpha value is -0.330. The van der Waals surface area contributed by atoms with E-state index >= 15 is 0 Å². The van der Waals surface area contributed by atoms with Crippen LogP contribution in [-0.2, 0) is 4.79 Å². The summed E-state index contributed by atoms with van der Waals surface area (Å²) >= 11 is 0. The molecule has 0 aromatic rings. The van der Waals surface area contributed by atoms with Gasteiger partial charge >= 0.3 is 0 Å². The molecule has 0 aliphatic carbocycles. The zero-order chi connectivity index (χ0) is 4.99. The number of hydrogen-bond acceptors (Lipinski definition) is 1. The van der Waals surface area contributed by atoms with Crippen molar-refractivity contribution in [3.05, 3.63) is 0 Å². The van der Waals surface area contributed by atoms with Gasteiger partial charge in [-0.15, -0.1) is 0 Å². The molecule has 0 atom stereocenters. The monoisotopic (exact) mass is 150 g/mol. The first-order valence-corrected chi connectivity index (χ1v) is 2.26. The topological polar surface area (TPSA) is 17.1 Å². The van der Waals surface area contributed by atoms with Gasteiger partial charge in [0, 0.05) is 6.42 Å². The molecule has 0 amide bonds. The van der Waals surface area contributed by atoms with E-state index in [4.69, 9.17) is 0 Å². The Labute approximate surface area is 67.8 Å². The smallest absolute Gasteiger partial charge is 0.129 e. The average Bonchev–Trinajstić information content (AvgIpc) is 1.35. The van der Waals surface area contributed by atoms with Crippen molar-refractivity contribution in [1.82, 2.24) is 0 Å². The highest BCUT2D eigenvalue weighted by molar-refractivity contribution is 5.75. The van der Waals surface area contributed by atoms with Crippen LogP contribution in [0.2, 0.25) is 0 Å². The quantitative estimate of drug-likeness (QED) is 0.583. The molecule has 0 aliphatic rings. The summed E-state index contributed by atoms with van der Waals surface area (Å²) in [5, 5.41) is 0. The van der Waals surface area contributed by atoms with Gasteiger partial charge in [0.1, 0.15) is 5.78 Å². The molecule has 10 heavy (non-hydrogen) atoms. The van der Waals surface area contributed by atoms with Gasteiger partial charge in [0.15, 0.2) is 0 Å². The van der Waals surface area contributed by atoms with Crippen molar-refractivity contribution < 1.29 is 4.79 Å². The van der Waals surface area contributed by atoms with E-state index in [-0.39, 0.29) is 35.5 Å². The third kappa shape index (κ3) is 47.9. The largest absolute Gasteiger partial charge is 0.300 e. The van der Waals surface area contributed by atoms with Crippen molar-refractivity contribution >= 4 is 5.78 Å². The molecule has 0 saturated heterocycles. The van der Waals surface area contributed by atoms with E-state index in [2.05, 4.69) is 0 Å². The van der Waals surface area contributed by atoms with Crippen LogP contribution in [0.5, 0.6) is 0 Å². The number of carbonyl (C=O) groups excluding carboxylic acids is 1. The Balaban J connectivity index is -0.0000000208. The number of rotatable bonds is 2. The maximum atomic E-state index is 10.0. The lowest BCUT2D eigenvalue weighted by Gasteiger charge is -1.80. The highest BCUT2D eigenvalue weighted by Gasteiger charge is 1.83. The Morgan fingerprint density at radius 1 is 1.10 bits per heavy atom. The van der Waals surface area contributed by atoms with Crippen molar-refractivity contribution in [3.8, 4) is 0 Å². The van der Waals surface area contributed by atoms with E-state index in [0.29, 0.717) is 0 Å². The van der Waals surface area contributed by atoms with Crippen molar-refractivity contribution in [1.29, 1.82) is 0 Å². The van der Waals surface area contributed by atoms with Crippen molar-refractivity contribution in [2.75, 3.05) is 0 Å². The Morgan fingerprint density at radius 2 is 1.40 bits per heavy atom. The molecule has 0 radical (unpaired) electrons. The molecule has 0 N–H and O–H groups in total. The zero-order valence-corrected chi connectivity index (χ0v) is 4.32. The molecule has 0 aliphatic heterocycles. The first-order valence-electron chi connectivity index (χ1n) is 2.26. The third-order valence-electron chi connectivity index (χ3n) is 0.602. The Kier molecular flexibility index (Phi) is 77.9. The van der Waals surface area contributed by atoms with E-state index in [0.717, 1.165) is 12.8 Å². The Bertz CT molecular complexity index is 48.7. The number of Topliss-reactive ketones (excluding diaryl/α,β-unsaturated/α-hetero) is 1. The standard InChI is InChI=1S/C5H10O.4CH4/c1-3-4-5(2)6;;;;/h3-4H2,1-2H3;4*1H4. The van der Waals surface area contributed by atoms with Crippen LogP contribution in [0.1, 0.15) is 56.4 Å². The molecule has 0 bridgehead atoms. The molecule has 0 spiro atoms. The molecular weight excluding hydrogens is 124 g/mol. The normalized spacial score (nSPS) is 5.00. The van der Waals surface area contributed by atoms with E-state index in [9.17, 15) is 4.79 Å². The fraction of sp³-hybridized carbons (Fsp3) is 0.889. The minimum absolute atomic E-state index is 0. The molecule has 0 aromatic carbocycles. The van der Waals surface area contributed by atoms with Crippen LogP contribution in [0.25, 0.3) is 0 Å². The summed E-state index contributed by atoms with van der Waals surface area (Å²) in [6.07, 6.45) is 1.72. The molecule has 68 valence electrons. The minimum atomic E-state index is 0. The molecule has 0 aromatic heterocycles. The van der Waals surface area contributed by atoms with E-state index in [1.165, 1.54) is 0 Å². The number of carbonyl (C=O) groups is 1. The second-order valence-corrected chi connectivity index (χ2v) is 1.45. The van der Waals surface area contributed by atoms with Gasteiger partial charge in [-0.1, -0.05) is 36.6 Å². The lowest BCUT2D eigenvalue weighted by molar-refractivity contribution is -0.117. The molecule has 1 nitrogen and oxygen atoms in total. The SMILES string of the molecule is C.C.C.C.CCCC(C)=O. The third-order valence-corrected chi connectivity index (χ3v) is 0.602. The van der Waals surface area contributed by atoms with Gasteiger partial charge in [-0.25, -0.2) is 0 Å². The van der Waals surface area contributed by atoms with Gasteiger partial charge in [0.05, 0.1) is 0 Å². The number of ketones is 1.